The number of carbonyl (C=O) groups excluding carboxylic acids is 1. The van der Waals surface area contributed by atoms with E-state index in [2.05, 4.69) is 10.1 Å². The van der Waals surface area contributed by atoms with Crippen LogP contribution in [0.3, 0.4) is 0 Å². The Labute approximate surface area is 105 Å². The van der Waals surface area contributed by atoms with E-state index in [-0.39, 0.29) is 0 Å². The molecule has 18 heavy (non-hydrogen) atoms. The topological polar surface area (TPSA) is 57.0 Å². The summed E-state index contributed by atoms with van der Waals surface area (Å²) in [4.78, 5) is 15.1. The molecular formula is C13H15N3O2. The Kier molecular flexibility index (Phi) is 3.41. The van der Waals surface area contributed by atoms with E-state index in [0.717, 1.165) is 23.2 Å². The zero-order valence-electron chi connectivity index (χ0n) is 10.7. The zero-order valence-corrected chi connectivity index (χ0v) is 10.7. The Hall–Kier alpha value is -2.17. The number of methoxy groups -OCH3 is 1. The smallest absolute Gasteiger partial charge is 0.218 e. The Morgan fingerprint density at radius 2 is 2.22 bits per heavy atom. The Morgan fingerprint density at radius 1 is 1.44 bits per heavy atom. The number of ether oxygens (including phenoxy) is 1. The first kappa shape index (κ1) is 12.3. The second-order valence-electron chi connectivity index (χ2n) is 4.03. The second kappa shape index (κ2) is 5.00. The summed E-state index contributed by atoms with van der Waals surface area (Å²) in [6, 6.07) is 3.78. The van der Waals surface area contributed by atoms with Crippen LogP contribution in [0.2, 0.25) is 0 Å². The van der Waals surface area contributed by atoms with Gasteiger partial charge in [0.2, 0.25) is 5.88 Å². The van der Waals surface area contributed by atoms with Gasteiger partial charge in [-0.1, -0.05) is 6.07 Å². The van der Waals surface area contributed by atoms with Crippen molar-refractivity contribution >= 4 is 6.29 Å². The third-order valence-electron chi connectivity index (χ3n) is 2.92. The molecule has 0 bridgehead atoms. The molecule has 0 atom stereocenters. The molecule has 2 aromatic rings. The molecule has 2 aromatic heterocycles. The fourth-order valence-corrected chi connectivity index (χ4v) is 1.92. The van der Waals surface area contributed by atoms with Crippen LogP contribution in [0.1, 0.15) is 27.3 Å². The molecule has 0 amide bonds. The van der Waals surface area contributed by atoms with Gasteiger partial charge in [-0.15, -0.1) is 0 Å². The van der Waals surface area contributed by atoms with Crippen molar-refractivity contribution in [2.45, 2.75) is 20.4 Å². The molecule has 0 radical (unpaired) electrons. The summed E-state index contributed by atoms with van der Waals surface area (Å²) in [7, 11) is 1.59. The number of aromatic nitrogens is 3. The average molecular weight is 245 g/mol. The first-order valence-electron chi connectivity index (χ1n) is 5.64. The summed E-state index contributed by atoms with van der Waals surface area (Å²) < 4.78 is 6.99. The molecule has 0 aliphatic rings. The normalized spacial score (nSPS) is 10.4. The molecule has 0 saturated heterocycles. The average Bonchev–Trinajstić information content (AvgIpc) is 2.65. The molecule has 5 heteroatoms. The van der Waals surface area contributed by atoms with E-state index < -0.39 is 0 Å². The van der Waals surface area contributed by atoms with Gasteiger partial charge in [0.15, 0.2) is 6.29 Å². The quantitative estimate of drug-likeness (QED) is 0.770. The molecule has 0 saturated carbocycles. The summed E-state index contributed by atoms with van der Waals surface area (Å²) >= 11 is 0. The highest BCUT2D eigenvalue weighted by atomic mass is 16.5. The molecule has 5 nitrogen and oxygen atoms in total. The first-order chi connectivity index (χ1) is 8.67. The largest absolute Gasteiger partial charge is 0.481 e. The van der Waals surface area contributed by atoms with Gasteiger partial charge < -0.3 is 4.74 Å². The van der Waals surface area contributed by atoms with Crippen molar-refractivity contribution in [1.29, 1.82) is 0 Å². The van der Waals surface area contributed by atoms with Crippen molar-refractivity contribution in [3.05, 3.63) is 40.8 Å². The Morgan fingerprint density at radius 3 is 2.83 bits per heavy atom. The minimum Gasteiger partial charge on any atom is -0.481 e. The van der Waals surface area contributed by atoms with E-state index in [1.54, 1.807) is 18.0 Å². The highest BCUT2D eigenvalue weighted by Gasteiger charge is 2.12. The fraction of sp³-hybridized carbons (Fsp3) is 0.308. The van der Waals surface area contributed by atoms with Gasteiger partial charge in [0.05, 0.1) is 24.9 Å². The molecule has 0 fully saturated rings. The van der Waals surface area contributed by atoms with E-state index in [9.17, 15) is 4.79 Å². The molecule has 0 unspecified atom stereocenters. The van der Waals surface area contributed by atoms with Gasteiger partial charge in [-0.05, 0) is 19.9 Å². The summed E-state index contributed by atoms with van der Waals surface area (Å²) in [6.45, 7) is 4.25. The van der Waals surface area contributed by atoms with Crippen LogP contribution in [0.4, 0.5) is 0 Å². The third-order valence-corrected chi connectivity index (χ3v) is 2.92. The van der Waals surface area contributed by atoms with Crippen molar-refractivity contribution in [2.75, 3.05) is 7.11 Å². The van der Waals surface area contributed by atoms with Crippen LogP contribution in [0.15, 0.2) is 18.3 Å². The van der Waals surface area contributed by atoms with E-state index in [0.29, 0.717) is 18.0 Å². The van der Waals surface area contributed by atoms with Gasteiger partial charge in [0, 0.05) is 17.5 Å². The predicted molar refractivity (Wildman–Crippen MR) is 67.0 cm³/mol. The van der Waals surface area contributed by atoms with E-state index in [4.69, 9.17) is 4.74 Å². The SMILES string of the molecule is COc1ncccc1Cn1nc(C)c(C=O)c1C. The second-order valence-corrected chi connectivity index (χ2v) is 4.03. The lowest BCUT2D eigenvalue weighted by atomic mass is 10.2. The van der Waals surface area contributed by atoms with Gasteiger partial charge in [-0.25, -0.2) is 4.98 Å². The van der Waals surface area contributed by atoms with Crippen LogP contribution < -0.4 is 4.74 Å². The standard InChI is InChI=1S/C13H15N3O2/c1-9-12(8-17)10(2)16(15-9)7-11-5-4-6-14-13(11)18-3/h4-6,8H,7H2,1-3H3. The van der Waals surface area contributed by atoms with Gasteiger partial charge in [-0.2, -0.15) is 5.10 Å². The van der Waals surface area contributed by atoms with Gasteiger partial charge in [0.1, 0.15) is 0 Å². The van der Waals surface area contributed by atoms with Crippen LogP contribution in [-0.2, 0) is 6.54 Å². The van der Waals surface area contributed by atoms with E-state index in [1.807, 2.05) is 26.0 Å². The third kappa shape index (κ3) is 2.11. The molecular weight excluding hydrogens is 230 g/mol. The van der Waals surface area contributed by atoms with Crippen LogP contribution in [0.5, 0.6) is 5.88 Å². The molecule has 2 rings (SSSR count). The maximum Gasteiger partial charge on any atom is 0.218 e. The maximum absolute atomic E-state index is 10.9. The molecule has 0 aromatic carbocycles. The van der Waals surface area contributed by atoms with Crippen LogP contribution in [0.25, 0.3) is 0 Å². The highest BCUT2D eigenvalue weighted by molar-refractivity contribution is 5.78. The maximum atomic E-state index is 10.9. The number of aldehydes is 1. The molecule has 0 N–H and O–H groups in total. The fourth-order valence-electron chi connectivity index (χ4n) is 1.92. The van der Waals surface area contributed by atoms with Crippen LogP contribution in [-0.4, -0.2) is 28.2 Å². The van der Waals surface area contributed by atoms with Crippen molar-refractivity contribution in [1.82, 2.24) is 14.8 Å². The first-order valence-corrected chi connectivity index (χ1v) is 5.64. The van der Waals surface area contributed by atoms with Crippen molar-refractivity contribution in [3.8, 4) is 5.88 Å². The van der Waals surface area contributed by atoms with Crippen LogP contribution >= 0.6 is 0 Å². The summed E-state index contributed by atoms with van der Waals surface area (Å²) in [5.74, 6) is 0.581. The minimum atomic E-state index is 0.539. The Bertz CT molecular complexity index is 576. The highest BCUT2D eigenvalue weighted by Crippen LogP contribution is 2.17. The lowest BCUT2D eigenvalue weighted by Crippen LogP contribution is -2.06. The molecule has 0 aliphatic heterocycles. The molecule has 0 spiro atoms. The zero-order chi connectivity index (χ0) is 13.1. The number of aryl methyl sites for hydroxylation is 1. The number of nitrogens with zero attached hydrogens (tertiary/aromatic N) is 3. The number of rotatable bonds is 4. The van der Waals surface area contributed by atoms with E-state index >= 15 is 0 Å². The lowest BCUT2D eigenvalue weighted by Gasteiger charge is -2.08. The summed E-state index contributed by atoms with van der Waals surface area (Å²) in [5, 5.41) is 4.35. The Balaban J connectivity index is 2.37. The summed E-state index contributed by atoms with van der Waals surface area (Å²) in [5.41, 5.74) is 3.18. The molecule has 94 valence electrons. The van der Waals surface area contributed by atoms with Crippen molar-refractivity contribution in [3.63, 3.8) is 0 Å². The molecule has 2 heterocycles. The number of pyridine rings is 1. The predicted octanol–water partition coefficient (Wildman–Crippen LogP) is 1.76. The minimum absolute atomic E-state index is 0.539. The van der Waals surface area contributed by atoms with Crippen molar-refractivity contribution < 1.29 is 9.53 Å². The molecule has 0 aliphatic carbocycles. The van der Waals surface area contributed by atoms with Gasteiger partial charge in [0.25, 0.3) is 0 Å². The van der Waals surface area contributed by atoms with Crippen LogP contribution in [0, 0.1) is 13.8 Å². The number of hydrogen-bond acceptors (Lipinski definition) is 4. The number of carbonyl (C=O) groups is 1. The van der Waals surface area contributed by atoms with Gasteiger partial charge in [-0.3, -0.25) is 9.48 Å². The lowest BCUT2D eigenvalue weighted by molar-refractivity contribution is 0.112. The van der Waals surface area contributed by atoms with Gasteiger partial charge >= 0.3 is 0 Å². The monoisotopic (exact) mass is 245 g/mol. The van der Waals surface area contributed by atoms with E-state index in [1.165, 1.54) is 0 Å². The number of hydrogen-bond donors (Lipinski definition) is 0. The summed E-state index contributed by atoms with van der Waals surface area (Å²) in [6.07, 6.45) is 2.52. The van der Waals surface area contributed by atoms with Crippen molar-refractivity contribution in [2.24, 2.45) is 0 Å².